The molecule has 0 saturated carbocycles. The van der Waals surface area contributed by atoms with E-state index in [0.717, 1.165) is 11.5 Å². The van der Waals surface area contributed by atoms with E-state index < -0.39 is 17.9 Å². The molecular weight excluding hydrogens is 307 g/mol. The van der Waals surface area contributed by atoms with E-state index in [2.05, 4.69) is 9.69 Å². The zero-order chi connectivity index (χ0) is 16.3. The molecule has 1 aromatic carbocycles. The van der Waals surface area contributed by atoms with Crippen molar-refractivity contribution in [2.24, 2.45) is 0 Å². The average molecular weight is 322 g/mol. The van der Waals surface area contributed by atoms with Crippen molar-refractivity contribution in [3.8, 4) is 0 Å². The fourth-order valence-corrected chi connectivity index (χ4v) is 2.64. The van der Waals surface area contributed by atoms with Crippen LogP contribution in [0.25, 0.3) is 0 Å². The van der Waals surface area contributed by atoms with Crippen LogP contribution in [0.4, 0.5) is 9.39 Å². The van der Waals surface area contributed by atoms with E-state index in [1.807, 2.05) is 0 Å². The standard InChI is InChI=1S/C15H15FN2O3S/c1-8-12(14(17-3)22-18-8)15(20)21-9(2)13(19)10-4-6-11(16)7-5-10/h4-7,9,17H,1-3H3/t9-/m1/s1. The highest BCUT2D eigenvalue weighted by atomic mass is 32.1. The van der Waals surface area contributed by atoms with E-state index >= 15 is 0 Å². The molecule has 0 spiro atoms. The van der Waals surface area contributed by atoms with Crippen LogP contribution in [0.3, 0.4) is 0 Å². The van der Waals surface area contributed by atoms with E-state index in [9.17, 15) is 14.0 Å². The maximum Gasteiger partial charge on any atom is 0.343 e. The first-order valence-electron chi connectivity index (χ1n) is 6.58. The fraction of sp³-hybridized carbons (Fsp3) is 0.267. The molecule has 0 radical (unpaired) electrons. The molecular formula is C15H15FN2O3S. The number of ether oxygens (including phenoxy) is 1. The van der Waals surface area contributed by atoms with Gasteiger partial charge in [-0.2, -0.15) is 4.37 Å². The van der Waals surface area contributed by atoms with Crippen LogP contribution in [0.5, 0.6) is 0 Å². The third-order valence-corrected chi connectivity index (χ3v) is 4.03. The molecule has 1 heterocycles. The predicted molar refractivity (Wildman–Crippen MR) is 82.0 cm³/mol. The lowest BCUT2D eigenvalue weighted by atomic mass is 10.1. The molecule has 0 aliphatic carbocycles. The second kappa shape index (κ2) is 6.65. The second-order valence-electron chi connectivity index (χ2n) is 4.64. The number of esters is 1. The van der Waals surface area contributed by atoms with Gasteiger partial charge < -0.3 is 10.1 Å². The first-order valence-corrected chi connectivity index (χ1v) is 7.36. The number of nitrogens with one attached hydrogen (secondary N) is 1. The van der Waals surface area contributed by atoms with Gasteiger partial charge in [0.1, 0.15) is 16.4 Å². The third-order valence-electron chi connectivity index (χ3n) is 3.08. The number of hydrogen-bond donors (Lipinski definition) is 1. The maximum absolute atomic E-state index is 12.9. The fourth-order valence-electron chi connectivity index (χ4n) is 1.90. The number of anilines is 1. The summed E-state index contributed by atoms with van der Waals surface area (Å²) in [4.78, 5) is 24.4. The molecule has 116 valence electrons. The van der Waals surface area contributed by atoms with E-state index in [4.69, 9.17) is 4.74 Å². The van der Waals surface area contributed by atoms with Gasteiger partial charge in [0.2, 0.25) is 5.78 Å². The van der Waals surface area contributed by atoms with Gasteiger partial charge in [0.25, 0.3) is 0 Å². The molecule has 0 bridgehead atoms. The summed E-state index contributed by atoms with van der Waals surface area (Å²) >= 11 is 1.15. The Balaban J connectivity index is 2.12. The summed E-state index contributed by atoms with van der Waals surface area (Å²) in [6, 6.07) is 5.10. The lowest BCUT2D eigenvalue weighted by Crippen LogP contribution is -2.25. The van der Waals surface area contributed by atoms with E-state index in [0.29, 0.717) is 16.3 Å². The number of ketones is 1. The van der Waals surface area contributed by atoms with Gasteiger partial charge in [-0.25, -0.2) is 9.18 Å². The van der Waals surface area contributed by atoms with Gasteiger partial charge in [-0.05, 0) is 49.6 Å². The molecule has 0 aliphatic rings. The Bertz CT molecular complexity index is 697. The number of carbonyl (C=O) groups excluding carboxylic acids is 2. The van der Waals surface area contributed by atoms with Gasteiger partial charge in [0, 0.05) is 12.6 Å². The molecule has 0 amide bonds. The maximum atomic E-state index is 12.9. The summed E-state index contributed by atoms with van der Waals surface area (Å²) in [5.74, 6) is -1.43. The monoisotopic (exact) mass is 322 g/mol. The van der Waals surface area contributed by atoms with Crippen LogP contribution in [0.1, 0.15) is 33.3 Å². The second-order valence-corrected chi connectivity index (χ2v) is 5.41. The SMILES string of the molecule is CNc1snc(C)c1C(=O)O[C@H](C)C(=O)c1ccc(F)cc1. The number of aryl methyl sites for hydroxylation is 1. The summed E-state index contributed by atoms with van der Waals surface area (Å²) in [6.07, 6.45) is -0.970. The summed E-state index contributed by atoms with van der Waals surface area (Å²) < 4.78 is 22.2. The Kier molecular flexibility index (Phi) is 4.87. The van der Waals surface area contributed by atoms with Gasteiger partial charge in [-0.1, -0.05) is 0 Å². The van der Waals surface area contributed by atoms with Crippen LogP contribution in [0.2, 0.25) is 0 Å². The lowest BCUT2D eigenvalue weighted by molar-refractivity contribution is 0.0319. The number of nitrogens with zero attached hydrogens (tertiary/aromatic N) is 1. The Morgan fingerprint density at radius 1 is 1.32 bits per heavy atom. The van der Waals surface area contributed by atoms with Crippen LogP contribution < -0.4 is 5.32 Å². The Hall–Kier alpha value is -2.28. The number of Topliss-reactive ketones (excluding diaryl/α,β-unsaturated/α-hetero) is 1. The van der Waals surface area contributed by atoms with Crippen molar-refractivity contribution in [3.63, 3.8) is 0 Å². The summed E-state index contributed by atoms with van der Waals surface area (Å²) in [6.45, 7) is 3.18. The highest BCUT2D eigenvalue weighted by molar-refractivity contribution is 7.10. The highest BCUT2D eigenvalue weighted by Crippen LogP contribution is 2.25. The molecule has 0 unspecified atom stereocenters. The number of hydrogen-bond acceptors (Lipinski definition) is 6. The summed E-state index contributed by atoms with van der Waals surface area (Å²) in [7, 11) is 1.68. The zero-order valence-electron chi connectivity index (χ0n) is 12.3. The van der Waals surface area contributed by atoms with Crippen LogP contribution in [-0.4, -0.2) is 29.3 Å². The quantitative estimate of drug-likeness (QED) is 0.677. The minimum atomic E-state index is -0.970. The Labute approximate surface area is 131 Å². The molecule has 0 aliphatic heterocycles. The van der Waals surface area contributed by atoms with Crippen LogP contribution in [0, 0.1) is 12.7 Å². The first-order chi connectivity index (χ1) is 10.4. The zero-order valence-corrected chi connectivity index (χ0v) is 13.2. The number of aromatic nitrogens is 1. The van der Waals surface area contributed by atoms with Gasteiger partial charge in [0.05, 0.1) is 5.69 Å². The van der Waals surface area contributed by atoms with Crippen LogP contribution >= 0.6 is 11.5 Å². The minimum absolute atomic E-state index is 0.288. The molecule has 22 heavy (non-hydrogen) atoms. The van der Waals surface area contributed by atoms with Crippen LogP contribution in [0.15, 0.2) is 24.3 Å². The largest absolute Gasteiger partial charge is 0.451 e. The molecule has 5 nitrogen and oxygen atoms in total. The normalized spacial score (nSPS) is 11.8. The topological polar surface area (TPSA) is 68.3 Å². The van der Waals surface area contributed by atoms with E-state index in [1.54, 1.807) is 14.0 Å². The van der Waals surface area contributed by atoms with Gasteiger partial charge in [0.15, 0.2) is 6.10 Å². The Morgan fingerprint density at radius 3 is 2.55 bits per heavy atom. The number of rotatable bonds is 5. The van der Waals surface area contributed by atoms with E-state index in [1.165, 1.54) is 31.2 Å². The molecule has 1 atom stereocenters. The molecule has 1 aromatic heterocycles. The predicted octanol–water partition coefficient (Wildman–Crippen LogP) is 3.06. The molecule has 2 rings (SSSR count). The van der Waals surface area contributed by atoms with Crippen LogP contribution in [-0.2, 0) is 4.74 Å². The smallest absolute Gasteiger partial charge is 0.343 e. The van der Waals surface area contributed by atoms with E-state index in [-0.39, 0.29) is 11.3 Å². The van der Waals surface area contributed by atoms with Crippen molar-refractivity contribution >= 4 is 28.3 Å². The van der Waals surface area contributed by atoms with Crippen molar-refractivity contribution in [2.45, 2.75) is 20.0 Å². The molecule has 7 heteroatoms. The minimum Gasteiger partial charge on any atom is -0.451 e. The summed E-state index contributed by atoms with van der Waals surface area (Å²) in [5, 5.41) is 3.45. The number of halogens is 1. The average Bonchev–Trinajstić information content (AvgIpc) is 2.88. The third kappa shape index (κ3) is 3.30. The van der Waals surface area contributed by atoms with Crippen molar-refractivity contribution < 1.29 is 18.7 Å². The van der Waals surface area contributed by atoms with Crippen molar-refractivity contribution in [2.75, 3.05) is 12.4 Å². The molecule has 0 fully saturated rings. The van der Waals surface area contributed by atoms with Crippen molar-refractivity contribution in [3.05, 3.63) is 46.9 Å². The van der Waals surface area contributed by atoms with Gasteiger partial charge in [-0.3, -0.25) is 4.79 Å². The highest BCUT2D eigenvalue weighted by Gasteiger charge is 2.24. The molecule has 2 aromatic rings. The lowest BCUT2D eigenvalue weighted by Gasteiger charge is -2.12. The van der Waals surface area contributed by atoms with Gasteiger partial charge in [-0.15, -0.1) is 0 Å². The van der Waals surface area contributed by atoms with Gasteiger partial charge >= 0.3 is 5.97 Å². The van der Waals surface area contributed by atoms with Crippen molar-refractivity contribution in [1.29, 1.82) is 0 Å². The number of carbonyl (C=O) groups is 2. The Morgan fingerprint density at radius 2 is 1.95 bits per heavy atom. The first kappa shape index (κ1) is 16.1. The molecule has 1 N–H and O–H groups in total. The number of benzene rings is 1. The summed E-state index contributed by atoms with van der Waals surface area (Å²) in [5.41, 5.74) is 1.16. The molecule has 0 saturated heterocycles. The van der Waals surface area contributed by atoms with Crippen molar-refractivity contribution in [1.82, 2.24) is 4.37 Å².